The molecule has 1 atom stereocenters. The van der Waals surface area contributed by atoms with E-state index in [1.54, 1.807) is 24.7 Å². The fraction of sp³-hybridized carbons (Fsp3) is 0.522. The van der Waals surface area contributed by atoms with Crippen molar-refractivity contribution >= 4 is 26.9 Å². The maximum atomic E-state index is 13.1. The van der Waals surface area contributed by atoms with E-state index < -0.39 is 15.6 Å². The first-order valence-corrected chi connectivity index (χ1v) is 13.1. The first-order valence-electron chi connectivity index (χ1n) is 11.5. The lowest BCUT2D eigenvalue weighted by Gasteiger charge is -2.35. The molecule has 2 aliphatic rings. The average molecular weight is 471 g/mol. The van der Waals surface area contributed by atoms with Gasteiger partial charge in [-0.25, -0.2) is 18.4 Å². The minimum absolute atomic E-state index is 0.0742. The number of aromatic nitrogens is 4. The summed E-state index contributed by atoms with van der Waals surface area (Å²) in [5.41, 5.74) is 0.144. The third-order valence-electron chi connectivity index (χ3n) is 7.23. The predicted octanol–water partition coefficient (Wildman–Crippen LogP) is 2.27. The summed E-state index contributed by atoms with van der Waals surface area (Å²) in [4.78, 5) is 18.3. The maximum Gasteiger partial charge on any atom is 0.214 e. The second-order valence-electron chi connectivity index (χ2n) is 9.33. The van der Waals surface area contributed by atoms with Gasteiger partial charge >= 0.3 is 0 Å². The molecule has 0 bridgehead atoms. The molecule has 1 saturated carbocycles. The van der Waals surface area contributed by atoms with Crippen molar-refractivity contribution in [2.24, 2.45) is 5.92 Å². The van der Waals surface area contributed by atoms with Gasteiger partial charge in [-0.3, -0.25) is 4.98 Å². The number of hydrogen-bond acceptors (Lipinski definition) is 7. The summed E-state index contributed by atoms with van der Waals surface area (Å²) in [7, 11) is -1.39. The molecule has 9 nitrogen and oxygen atoms in total. The molecule has 0 aromatic carbocycles. The Labute approximate surface area is 193 Å². The van der Waals surface area contributed by atoms with Crippen molar-refractivity contribution in [3.05, 3.63) is 48.7 Å². The number of sulfonamides is 1. The zero-order valence-corrected chi connectivity index (χ0v) is 19.6. The van der Waals surface area contributed by atoms with E-state index in [0.29, 0.717) is 24.7 Å². The lowest BCUT2D eigenvalue weighted by atomic mass is 9.86. The van der Waals surface area contributed by atoms with Crippen LogP contribution in [0.5, 0.6) is 0 Å². The van der Waals surface area contributed by atoms with Gasteiger partial charge in [-0.15, -0.1) is 0 Å². The first kappa shape index (κ1) is 22.2. The topological polar surface area (TPSA) is 115 Å². The van der Waals surface area contributed by atoms with Gasteiger partial charge in [0, 0.05) is 38.6 Å². The number of aliphatic hydroxyl groups is 1. The van der Waals surface area contributed by atoms with Crippen molar-refractivity contribution in [1.82, 2.24) is 24.2 Å². The van der Waals surface area contributed by atoms with E-state index in [4.69, 9.17) is 0 Å². The Kier molecular flexibility index (Phi) is 5.84. The molecule has 2 N–H and O–H groups in total. The molecular formula is C23H30N6O3S. The van der Waals surface area contributed by atoms with Crippen LogP contribution in [0.2, 0.25) is 0 Å². The number of rotatable bonds is 6. The third kappa shape index (κ3) is 4.34. The summed E-state index contributed by atoms with van der Waals surface area (Å²) in [6, 6.07) is 7.66. The van der Waals surface area contributed by atoms with Gasteiger partial charge in [-0.2, -0.15) is 4.31 Å². The summed E-state index contributed by atoms with van der Waals surface area (Å²) in [6.07, 6.45) is 8.99. The molecule has 10 heteroatoms. The molecule has 3 aromatic rings. The molecule has 0 amide bonds. The van der Waals surface area contributed by atoms with Crippen LogP contribution < -0.4 is 4.90 Å². The van der Waals surface area contributed by atoms with Gasteiger partial charge in [0.2, 0.25) is 10.0 Å². The fourth-order valence-electron chi connectivity index (χ4n) is 5.26. The van der Waals surface area contributed by atoms with Gasteiger partial charge in [0.05, 0.1) is 16.8 Å². The summed E-state index contributed by atoms with van der Waals surface area (Å²) < 4.78 is 27.7. The SMILES string of the molecule is CN(c1ncnc2[nH]ccc12)[C@H]1CC[C@H](CS(=O)(=O)N2CCC(O)(c3ccccn3)C2)CC1. The summed E-state index contributed by atoms with van der Waals surface area (Å²) >= 11 is 0. The van der Waals surface area contributed by atoms with Crippen LogP contribution in [0, 0.1) is 5.92 Å². The fourth-order valence-corrected chi connectivity index (χ4v) is 7.18. The number of fused-ring (bicyclic) bond motifs is 1. The van der Waals surface area contributed by atoms with Gasteiger partial charge in [0.1, 0.15) is 23.4 Å². The Morgan fingerprint density at radius 2 is 2.00 bits per heavy atom. The van der Waals surface area contributed by atoms with Gasteiger partial charge in [-0.05, 0) is 56.2 Å². The van der Waals surface area contributed by atoms with Crippen molar-refractivity contribution < 1.29 is 13.5 Å². The predicted molar refractivity (Wildman–Crippen MR) is 126 cm³/mol. The molecule has 1 saturated heterocycles. The van der Waals surface area contributed by atoms with Crippen molar-refractivity contribution in [2.75, 3.05) is 30.8 Å². The molecule has 1 aliphatic carbocycles. The van der Waals surface area contributed by atoms with E-state index in [2.05, 4.69) is 31.9 Å². The lowest BCUT2D eigenvalue weighted by Crippen LogP contribution is -2.40. The highest BCUT2D eigenvalue weighted by Gasteiger charge is 2.44. The zero-order valence-electron chi connectivity index (χ0n) is 18.8. The molecule has 2 fully saturated rings. The van der Waals surface area contributed by atoms with E-state index in [0.717, 1.165) is 42.5 Å². The zero-order chi connectivity index (χ0) is 23.1. The van der Waals surface area contributed by atoms with Crippen LogP contribution in [0.15, 0.2) is 43.0 Å². The van der Waals surface area contributed by atoms with Gasteiger partial charge in [-0.1, -0.05) is 6.07 Å². The molecule has 176 valence electrons. The number of anilines is 1. The number of aromatic amines is 1. The normalized spacial score (nSPS) is 26.6. The van der Waals surface area contributed by atoms with Crippen LogP contribution in [-0.4, -0.2) is 69.7 Å². The van der Waals surface area contributed by atoms with E-state index in [1.807, 2.05) is 18.3 Å². The van der Waals surface area contributed by atoms with Crippen molar-refractivity contribution in [2.45, 2.75) is 43.7 Å². The second kappa shape index (κ2) is 8.66. The van der Waals surface area contributed by atoms with Crippen molar-refractivity contribution in [1.29, 1.82) is 0 Å². The summed E-state index contributed by atoms with van der Waals surface area (Å²) in [5, 5.41) is 12.0. The summed E-state index contributed by atoms with van der Waals surface area (Å²) in [6.45, 7) is 0.401. The number of nitrogens with zero attached hydrogens (tertiary/aromatic N) is 5. The minimum Gasteiger partial charge on any atom is -0.382 e. The van der Waals surface area contributed by atoms with E-state index in [1.165, 1.54) is 4.31 Å². The molecular weight excluding hydrogens is 440 g/mol. The maximum absolute atomic E-state index is 13.1. The number of β-amino-alcohol motifs (C(OH)–C–C–N with tert-alkyl or cyclic N) is 1. The Hall–Kier alpha value is -2.56. The number of hydrogen-bond donors (Lipinski definition) is 2. The molecule has 1 unspecified atom stereocenters. The quantitative estimate of drug-likeness (QED) is 0.568. The smallest absolute Gasteiger partial charge is 0.214 e. The molecule has 33 heavy (non-hydrogen) atoms. The van der Waals surface area contributed by atoms with Crippen LogP contribution in [0.1, 0.15) is 37.8 Å². The van der Waals surface area contributed by atoms with E-state index >= 15 is 0 Å². The molecule has 0 spiro atoms. The first-order chi connectivity index (χ1) is 15.9. The van der Waals surface area contributed by atoms with Crippen LogP contribution in [0.4, 0.5) is 5.82 Å². The van der Waals surface area contributed by atoms with Crippen LogP contribution in [0.3, 0.4) is 0 Å². The Morgan fingerprint density at radius 1 is 1.18 bits per heavy atom. The van der Waals surface area contributed by atoms with Crippen molar-refractivity contribution in [3.8, 4) is 0 Å². The van der Waals surface area contributed by atoms with E-state index in [9.17, 15) is 13.5 Å². The molecule has 3 aromatic heterocycles. The Balaban J connectivity index is 1.19. The Morgan fingerprint density at radius 3 is 2.76 bits per heavy atom. The molecule has 1 aliphatic heterocycles. The summed E-state index contributed by atoms with van der Waals surface area (Å²) in [5.74, 6) is 1.17. The van der Waals surface area contributed by atoms with Crippen LogP contribution >= 0.6 is 0 Å². The van der Waals surface area contributed by atoms with Crippen LogP contribution in [0.25, 0.3) is 11.0 Å². The third-order valence-corrected chi connectivity index (χ3v) is 9.22. The number of nitrogens with one attached hydrogen (secondary N) is 1. The van der Waals surface area contributed by atoms with Gasteiger partial charge in [0.25, 0.3) is 0 Å². The minimum atomic E-state index is -3.44. The Bertz CT molecular complexity index is 1210. The van der Waals surface area contributed by atoms with E-state index in [-0.39, 0.29) is 18.2 Å². The molecule has 4 heterocycles. The van der Waals surface area contributed by atoms with Gasteiger partial charge in [0.15, 0.2) is 0 Å². The highest BCUT2D eigenvalue weighted by molar-refractivity contribution is 7.89. The average Bonchev–Trinajstić information content (AvgIpc) is 3.47. The number of pyridine rings is 1. The molecule has 0 radical (unpaired) electrons. The van der Waals surface area contributed by atoms with Crippen molar-refractivity contribution in [3.63, 3.8) is 0 Å². The second-order valence-corrected chi connectivity index (χ2v) is 11.3. The highest BCUT2D eigenvalue weighted by atomic mass is 32.2. The standard InChI is InChI=1S/C23H30N6O3S/c1-28(22-19-9-12-25-21(19)26-16-27-22)18-7-5-17(6-8-18)14-33(31,32)29-13-10-23(30,15-29)20-4-2-3-11-24-20/h2-4,9,11-12,16-18,30H,5-8,10,13-15H2,1H3,(H,25,26,27)/t17-,18-,23?. The van der Waals surface area contributed by atoms with Gasteiger partial charge < -0.3 is 15.0 Å². The molecule has 5 rings (SSSR count). The monoisotopic (exact) mass is 470 g/mol. The number of H-pyrrole nitrogens is 1. The largest absolute Gasteiger partial charge is 0.382 e. The lowest BCUT2D eigenvalue weighted by molar-refractivity contribution is 0.0485. The van der Waals surface area contributed by atoms with Crippen LogP contribution in [-0.2, 0) is 15.6 Å². The highest BCUT2D eigenvalue weighted by Crippen LogP contribution is 2.35.